The van der Waals surface area contributed by atoms with E-state index in [4.69, 9.17) is 22.4 Å². The summed E-state index contributed by atoms with van der Waals surface area (Å²) in [5.74, 6) is -1.90. The normalized spacial score (nSPS) is 10.3. The van der Waals surface area contributed by atoms with Crippen LogP contribution in [0.1, 0.15) is 31.8 Å². The summed E-state index contributed by atoms with van der Waals surface area (Å²) in [6.45, 7) is 1.73. The summed E-state index contributed by atoms with van der Waals surface area (Å²) in [5.41, 5.74) is 6.30. The van der Waals surface area contributed by atoms with Crippen LogP contribution >= 0.6 is 11.6 Å². The molecule has 0 saturated carbocycles. The fourth-order valence-corrected chi connectivity index (χ4v) is 2.15. The van der Waals surface area contributed by atoms with E-state index in [1.54, 1.807) is 25.1 Å². The van der Waals surface area contributed by atoms with E-state index in [9.17, 15) is 9.59 Å². The second-order valence-corrected chi connectivity index (χ2v) is 4.65. The average Bonchev–Trinajstić information content (AvgIpc) is 2.37. The van der Waals surface area contributed by atoms with Gasteiger partial charge in [0, 0.05) is 22.3 Å². The molecule has 1 aromatic carbocycles. The van der Waals surface area contributed by atoms with Gasteiger partial charge in [0.1, 0.15) is 11.4 Å². The monoisotopic (exact) mass is 290 g/mol. The van der Waals surface area contributed by atoms with Crippen LogP contribution in [-0.2, 0) is 0 Å². The summed E-state index contributed by atoms with van der Waals surface area (Å²) >= 11 is 5.84. The molecule has 0 aliphatic heterocycles. The highest BCUT2D eigenvalue weighted by atomic mass is 35.5. The van der Waals surface area contributed by atoms with E-state index < -0.39 is 11.8 Å². The van der Waals surface area contributed by atoms with Crippen molar-refractivity contribution in [1.82, 2.24) is 4.98 Å². The van der Waals surface area contributed by atoms with Crippen molar-refractivity contribution < 1.29 is 14.7 Å². The van der Waals surface area contributed by atoms with Gasteiger partial charge in [0.15, 0.2) is 5.78 Å². The van der Waals surface area contributed by atoms with Crippen LogP contribution in [0.15, 0.2) is 30.5 Å². The van der Waals surface area contributed by atoms with Gasteiger partial charge in [-0.3, -0.25) is 4.79 Å². The third-order valence-corrected chi connectivity index (χ3v) is 3.11. The van der Waals surface area contributed by atoms with Crippen molar-refractivity contribution in [2.75, 3.05) is 5.73 Å². The van der Waals surface area contributed by atoms with Gasteiger partial charge in [0.05, 0.1) is 0 Å². The van der Waals surface area contributed by atoms with Crippen molar-refractivity contribution in [2.24, 2.45) is 0 Å². The molecular weight excluding hydrogens is 280 g/mol. The molecule has 0 fully saturated rings. The highest BCUT2D eigenvalue weighted by Crippen LogP contribution is 2.22. The van der Waals surface area contributed by atoms with Gasteiger partial charge >= 0.3 is 5.97 Å². The lowest BCUT2D eigenvalue weighted by Crippen LogP contribution is -2.14. The van der Waals surface area contributed by atoms with Crippen molar-refractivity contribution in [3.63, 3.8) is 0 Å². The maximum absolute atomic E-state index is 12.5. The van der Waals surface area contributed by atoms with Crippen LogP contribution in [0.25, 0.3) is 0 Å². The fraction of sp³-hybridized carbons (Fsp3) is 0.0714. The number of anilines is 1. The number of carboxylic acid groups (broad SMARTS) is 1. The minimum atomic E-state index is -1.29. The van der Waals surface area contributed by atoms with Crippen LogP contribution in [-0.4, -0.2) is 21.8 Å². The molecule has 0 bridgehead atoms. The zero-order valence-corrected chi connectivity index (χ0v) is 11.3. The van der Waals surface area contributed by atoms with Crippen molar-refractivity contribution >= 4 is 29.2 Å². The number of aromatic nitrogens is 1. The number of pyridine rings is 1. The van der Waals surface area contributed by atoms with E-state index in [1.165, 1.54) is 12.3 Å². The Morgan fingerprint density at radius 2 is 1.95 bits per heavy atom. The molecule has 1 aromatic heterocycles. The van der Waals surface area contributed by atoms with Crippen LogP contribution in [0.4, 0.5) is 5.82 Å². The van der Waals surface area contributed by atoms with E-state index in [0.29, 0.717) is 16.1 Å². The van der Waals surface area contributed by atoms with Crippen LogP contribution in [0.5, 0.6) is 0 Å². The summed E-state index contributed by atoms with van der Waals surface area (Å²) < 4.78 is 0. The number of carbonyl (C=O) groups is 2. The molecule has 5 nitrogen and oxygen atoms in total. The van der Waals surface area contributed by atoms with Gasteiger partial charge in [-0.25, -0.2) is 9.78 Å². The van der Waals surface area contributed by atoms with Gasteiger partial charge in [0.2, 0.25) is 0 Å². The van der Waals surface area contributed by atoms with E-state index in [1.807, 2.05) is 0 Å². The Hall–Kier alpha value is -2.40. The maximum Gasteiger partial charge on any atom is 0.340 e. The molecule has 6 heteroatoms. The second kappa shape index (κ2) is 5.30. The van der Waals surface area contributed by atoms with E-state index in [2.05, 4.69) is 4.98 Å². The largest absolute Gasteiger partial charge is 0.478 e. The number of halogens is 1. The number of benzene rings is 1. The summed E-state index contributed by atoms with van der Waals surface area (Å²) in [5, 5.41) is 9.67. The van der Waals surface area contributed by atoms with E-state index >= 15 is 0 Å². The zero-order chi connectivity index (χ0) is 14.9. The minimum absolute atomic E-state index is 0.00965. The number of carbonyl (C=O) groups excluding carboxylic acids is 1. The van der Waals surface area contributed by atoms with Gasteiger partial charge in [-0.2, -0.15) is 0 Å². The van der Waals surface area contributed by atoms with Crippen LogP contribution in [0, 0.1) is 6.92 Å². The predicted octanol–water partition coefficient (Wildman–Crippen LogP) is 2.55. The summed E-state index contributed by atoms with van der Waals surface area (Å²) in [6, 6.07) is 6.12. The van der Waals surface area contributed by atoms with E-state index in [0.717, 1.165) is 0 Å². The molecule has 0 aliphatic rings. The zero-order valence-electron chi connectivity index (χ0n) is 10.6. The number of aromatic carboxylic acids is 1. The lowest BCUT2D eigenvalue weighted by Gasteiger charge is -2.09. The number of nitrogen functional groups attached to an aromatic ring is 1. The fourth-order valence-electron chi connectivity index (χ4n) is 1.92. The summed E-state index contributed by atoms with van der Waals surface area (Å²) in [6.07, 6.45) is 1.31. The average molecular weight is 291 g/mol. The van der Waals surface area contributed by atoms with Crippen LogP contribution in [0.3, 0.4) is 0 Å². The van der Waals surface area contributed by atoms with Gasteiger partial charge in [-0.15, -0.1) is 0 Å². The Balaban J connectivity index is 2.60. The maximum atomic E-state index is 12.5. The quantitative estimate of drug-likeness (QED) is 0.847. The number of rotatable bonds is 3. The van der Waals surface area contributed by atoms with Gasteiger partial charge < -0.3 is 10.8 Å². The molecule has 0 spiro atoms. The Bertz CT molecular complexity index is 714. The summed E-state index contributed by atoms with van der Waals surface area (Å²) in [7, 11) is 0. The summed E-state index contributed by atoms with van der Waals surface area (Å²) in [4.78, 5) is 27.4. The predicted molar refractivity (Wildman–Crippen MR) is 75.2 cm³/mol. The number of hydrogen-bond acceptors (Lipinski definition) is 4. The first-order valence-corrected chi connectivity index (χ1v) is 6.08. The Kier molecular flexibility index (Phi) is 3.72. The van der Waals surface area contributed by atoms with Gasteiger partial charge in [-0.1, -0.05) is 11.6 Å². The molecule has 0 saturated heterocycles. The Labute approximate surface area is 120 Å². The van der Waals surface area contributed by atoms with Crippen LogP contribution in [0.2, 0.25) is 5.02 Å². The van der Waals surface area contributed by atoms with Crippen LogP contribution < -0.4 is 5.73 Å². The Morgan fingerprint density at radius 1 is 1.25 bits per heavy atom. The van der Waals surface area contributed by atoms with Crippen molar-refractivity contribution in [3.8, 4) is 0 Å². The SMILES string of the molecule is Cc1cc(Cl)ccc1C(=O)c1ccnc(N)c1C(=O)O. The number of ketones is 1. The van der Waals surface area contributed by atoms with Crippen molar-refractivity contribution in [3.05, 3.63) is 57.7 Å². The first kappa shape index (κ1) is 14.0. The minimum Gasteiger partial charge on any atom is -0.478 e. The lowest BCUT2D eigenvalue weighted by molar-refractivity contribution is 0.0693. The molecule has 0 unspecified atom stereocenters. The van der Waals surface area contributed by atoms with Crippen molar-refractivity contribution in [1.29, 1.82) is 0 Å². The third-order valence-electron chi connectivity index (χ3n) is 2.87. The number of aryl methyl sites for hydroxylation is 1. The smallest absolute Gasteiger partial charge is 0.340 e. The first-order chi connectivity index (χ1) is 9.41. The number of nitrogens with two attached hydrogens (primary N) is 1. The Morgan fingerprint density at radius 3 is 2.55 bits per heavy atom. The van der Waals surface area contributed by atoms with Gasteiger partial charge in [0.25, 0.3) is 0 Å². The molecule has 20 heavy (non-hydrogen) atoms. The molecule has 3 N–H and O–H groups in total. The molecule has 102 valence electrons. The third kappa shape index (κ3) is 2.48. The molecule has 2 rings (SSSR count). The standard InChI is InChI=1S/C14H11ClN2O3/c1-7-6-8(15)2-3-9(7)12(18)10-4-5-17-13(16)11(10)14(19)20/h2-6H,1H3,(H2,16,17)(H,19,20). The number of hydrogen-bond donors (Lipinski definition) is 2. The molecule has 1 heterocycles. The molecular formula is C14H11ClN2O3. The second-order valence-electron chi connectivity index (χ2n) is 4.21. The molecule has 0 atom stereocenters. The number of nitrogens with zero attached hydrogens (tertiary/aromatic N) is 1. The molecule has 0 amide bonds. The molecule has 2 aromatic rings. The lowest BCUT2D eigenvalue weighted by atomic mass is 9.96. The topological polar surface area (TPSA) is 93.3 Å². The number of carboxylic acids is 1. The highest BCUT2D eigenvalue weighted by molar-refractivity contribution is 6.31. The van der Waals surface area contributed by atoms with Crippen molar-refractivity contribution in [2.45, 2.75) is 6.92 Å². The first-order valence-electron chi connectivity index (χ1n) is 5.70. The molecule has 0 radical (unpaired) electrons. The highest BCUT2D eigenvalue weighted by Gasteiger charge is 2.22. The van der Waals surface area contributed by atoms with Gasteiger partial charge in [-0.05, 0) is 36.8 Å². The molecule has 0 aliphatic carbocycles. The van der Waals surface area contributed by atoms with E-state index in [-0.39, 0.29) is 16.9 Å².